The quantitative estimate of drug-likeness (QED) is 0.508. The van der Waals surface area contributed by atoms with Gasteiger partial charge < -0.3 is 14.8 Å². The second kappa shape index (κ2) is 9.48. The lowest BCUT2D eigenvalue weighted by Gasteiger charge is -2.19. The van der Waals surface area contributed by atoms with E-state index in [-0.39, 0.29) is 5.91 Å². The van der Waals surface area contributed by atoms with E-state index in [0.717, 1.165) is 5.56 Å². The molecule has 0 bridgehead atoms. The Morgan fingerprint density at radius 2 is 2.04 bits per heavy atom. The lowest BCUT2D eigenvalue weighted by Crippen LogP contribution is -2.39. The Kier molecular flexibility index (Phi) is 7.02. The van der Waals surface area contributed by atoms with Gasteiger partial charge in [0.25, 0.3) is 5.91 Å². The molecule has 134 valence electrons. The van der Waals surface area contributed by atoms with E-state index in [1.54, 1.807) is 0 Å². The highest BCUT2D eigenvalue weighted by molar-refractivity contribution is 5.84. The topological polar surface area (TPSA) is 108 Å². The number of esters is 1. The molecule has 0 radical (unpaired) electrons. The minimum atomic E-state index is -0.931. The highest BCUT2D eigenvalue weighted by Crippen LogP contribution is 2.15. The Morgan fingerprint density at radius 3 is 2.68 bits per heavy atom. The van der Waals surface area contributed by atoms with Crippen molar-refractivity contribution >= 4 is 11.9 Å². The van der Waals surface area contributed by atoms with E-state index in [1.807, 2.05) is 30.3 Å². The number of rotatable bonds is 9. The van der Waals surface area contributed by atoms with E-state index in [0.29, 0.717) is 19.6 Å². The van der Waals surface area contributed by atoms with Crippen molar-refractivity contribution < 1.29 is 19.1 Å². The van der Waals surface area contributed by atoms with E-state index >= 15 is 0 Å². The van der Waals surface area contributed by atoms with Gasteiger partial charge in [0.2, 0.25) is 0 Å². The van der Waals surface area contributed by atoms with Crippen LogP contribution < -0.4 is 5.32 Å². The summed E-state index contributed by atoms with van der Waals surface area (Å²) in [5.74, 6) is -0.967. The van der Waals surface area contributed by atoms with Gasteiger partial charge in [0.1, 0.15) is 6.33 Å². The molecule has 0 spiro atoms. The molecule has 9 nitrogen and oxygen atoms in total. The predicted molar refractivity (Wildman–Crippen MR) is 87.4 cm³/mol. The van der Waals surface area contributed by atoms with E-state index in [4.69, 9.17) is 9.47 Å². The lowest BCUT2D eigenvalue weighted by molar-refractivity contribution is -0.158. The Bertz CT molecular complexity index is 662. The maximum absolute atomic E-state index is 12.5. The number of methoxy groups -OCH3 is 1. The summed E-state index contributed by atoms with van der Waals surface area (Å²) in [6.07, 6.45) is 0.764. The first-order valence-corrected chi connectivity index (χ1v) is 7.85. The molecule has 0 aliphatic rings. The number of tetrazole rings is 1. The third kappa shape index (κ3) is 5.64. The van der Waals surface area contributed by atoms with Gasteiger partial charge in [-0.05, 0) is 22.9 Å². The Hall–Kier alpha value is -2.81. The van der Waals surface area contributed by atoms with Crippen molar-refractivity contribution in [2.24, 2.45) is 0 Å². The number of carbonyl (C=O) groups is 2. The van der Waals surface area contributed by atoms with Crippen LogP contribution in [0.3, 0.4) is 0 Å². The van der Waals surface area contributed by atoms with Crippen LogP contribution in [0.2, 0.25) is 0 Å². The smallest absolute Gasteiger partial charge is 0.332 e. The van der Waals surface area contributed by atoms with Crippen molar-refractivity contribution in [1.29, 1.82) is 0 Å². The zero-order valence-electron chi connectivity index (χ0n) is 14.2. The number of amides is 1. The van der Waals surface area contributed by atoms with Crippen molar-refractivity contribution in [3.63, 3.8) is 0 Å². The molecule has 9 heteroatoms. The van der Waals surface area contributed by atoms with Crippen molar-refractivity contribution in [2.45, 2.75) is 25.5 Å². The van der Waals surface area contributed by atoms with Crippen LogP contribution in [0.15, 0.2) is 36.7 Å². The molecule has 2 rings (SSSR count). The van der Waals surface area contributed by atoms with Gasteiger partial charge in [0.05, 0.1) is 6.61 Å². The maximum Gasteiger partial charge on any atom is 0.332 e. The zero-order chi connectivity index (χ0) is 18.1. The third-order valence-electron chi connectivity index (χ3n) is 3.50. The first-order valence-electron chi connectivity index (χ1n) is 7.85. The van der Waals surface area contributed by atoms with Crippen LogP contribution in [-0.4, -0.2) is 58.4 Å². The number of hydrogen-bond acceptors (Lipinski definition) is 7. The zero-order valence-corrected chi connectivity index (χ0v) is 14.2. The second-order valence-corrected chi connectivity index (χ2v) is 5.36. The van der Waals surface area contributed by atoms with E-state index in [9.17, 15) is 9.59 Å². The number of hydrogen-bond donors (Lipinski definition) is 1. The average Bonchev–Trinajstić information content (AvgIpc) is 3.14. The first-order chi connectivity index (χ1) is 12.1. The minimum Gasteiger partial charge on any atom is -0.451 e. The molecular weight excluding hydrogens is 326 g/mol. The molecular formula is C16H21N5O4. The predicted octanol–water partition coefficient (Wildman–Crippen LogP) is 0.151. The number of carbonyl (C=O) groups excluding carboxylic acids is 2. The Labute approximate surface area is 145 Å². The summed E-state index contributed by atoms with van der Waals surface area (Å²) in [5.41, 5.74) is 0.928. The molecule has 0 saturated heterocycles. The molecule has 2 atom stereocenters. The highest BCUT2D eigenvalue weighted by Gasteiger charge is 2.27. The number of nitrogens with zero attached hydrogens (tertiary/aromatic N) is 4. The molecule has 1 N–H and O–H groups in total. The van der Waals surface area contributed by atoms with Crippen LogP contribution in [0.4, 0.5) is 0 Å². The van der Waals surface area contributed by atoms with Crippen LogP contribution in [-0.2, 0) is 25.5 Å². The number of ether oxygens (including phenoxy) is 2. The SMILES string of the molecule is COCCNC(=O)[C@H](C)OC(=O)[C@@H](Cc1ccccc1)n1cnnn1. The number of nitrogens with one attached hydrogen (secondary N) is 1. The number of aromatic nitrogens is 4. The molecule has 1 amide bonds. The van der Waals surface area contributed by atoms with Gasteiger partial charge in [-0.25, -0.2) is 9.48 Å². The first kappa shape index (κ1) is 18.5. The fraction of sp³-hybridized carbons (Fsp3) is 0.438. The molecule has 0 saturated carbocycles. The van der Waals surface area contributed by atoms with Crippen LogP contribution >= 0.6 is 0 Å². The molecule has 2 aromatic rings. The molecule has 0 aliphatic heterocycles. The third-order valence-corrected chi connectivity index (χ3v) is 3.50. The van der Waals surface area contributed by atoms with Gasteiger partial charge in [-0.3, -0.25) is 4.79 Å². The maximum atomic E-state index is 12.5. The molecule has 1 aromatic carbocycles. The normalized spacial score (nSPS) is 13.0. The van der Waals surface area contributed by atoms with E-state index < -0.39 is 18.1 Å². The second-order valence-electron chi connectivity index (χ2n) is 5.36. The standard InChI is InChI=1S/C16H21N5O4/c1-12(15(22)17-8-9-24-2)25-16(23)14(21-11-18-19-20-21)10-13-6-4-3-5-7-13/h3-7,11-12,14H,8-10H2,1-2H3,(H,17,22)/t12-,14+/m0/s1. The summed E-state index contributed by atoms with van der Waals surface area (Å²) in [4.78, 5) is 24.5. The van der Waals surface area contributed by atoms with Gasteiger partial charge in [-0.2, -0.15) is 0 Å². The highest BCUT2D eigenvalue weighted by atomic mass is 16.5. The monoisotopic (exact) mass is 347 g/mol. The van der Waals surface area contributed by atoms with E-state index in [2.05, 4.69) is 20.8 Å². The summed E-state index contributed by atoms with van der Waals surface area (Å²) in [6.45, 7) is 2.24. The van der Waals surface area contributed by atoms with Crippen molar-refractivity contribution in [2.75, 3.05) is 20.3 Å². The molecule has 0 fully saturated rings. The van der Waals surface area contributed by atoms with Crippen molar-refractivity contribution in [3.05, 3.63) is 42.2 Å². The van der Waals surface area contributed by atoms with Gasteiger partial charge in [0, 0.05) is 20.1 Å². The Morgan fingerprint density at radius 1 is 1.28 bits per heavy atom. The van der Waals surface area contributed by atoms with E-state index in [1.165, 1.54) is 25.0 Å². The van der Waals surface area contributed by atoms with Crippen LogP contribution in [0.25, 0.3) is 0 Å². The fourth-order valence-electron chi connectivity index (χ4n) is 2.16. The average molecular weight is 347 g/mol. The fourth-order valence-corrected chi connectivity index (χ4v) is 2.16. The largest absolute Gasteiger partial charge is 0.451 e. The van der Waals surface area contributed by atoms with Gasteiger partial charge in [-0.1, -0.05) is 30.3 Å². The summed E-state index contributed by atoms with van der Waals surface area (Å²) in [6, 6.07) is 8.68. The van der Waals surface area contributed by atoms with Crippen molar-refractivity contribution in [1.82, 2.24) is 25.5 Å². The molecule has 0 aliphatic carbocycles. The molecule has 1 aromatic heterocycles. The number of benzene rings is 1. The summed E-state index contributed by atoms with van der Waals surface area (Å²) in [5, 5.41) is 13.5. The minimum absolute atomic E-state index is 0.345. The van der Waals surface area contributed by atoms with Gasteiger partial charge in [-0.15, -0.1) is 5.10 Å². The van der Waals surface area contributed by atoms with Crippen molar-refractivity contribution in [3.8, 4) is 0 Å². The van der Waals surface area contributed by atoms with Gasteiger partial charge in [0.15, 0.2) is 12.1 Å². The summed E-state index contributed by atoms with van der Waals surface area (Å²) in [7, 11) is 1.54. The summed E-state index contributed by atoms with van der Waals surface area (Å²) < 4.78 is 11.5. The molecule has 25 heavy (non-hydrogen) atoms. The lowest BCUT2D eigenvalue weighted by atomic mass is 10.1. The van der Waals surface area contributed by atoms with Crippen LogP contribution in [0.5, 0.6) is 0 Å². The molecule has 0 unspecified atom stereocenters. The van der Waals surface area contributed by atoms with Gasteiger partial charge >= 0.3 is 5.97 Å². The summed E-state index contributed by atoms with van der Waals surface area (Å²) >= 11 is 0. The van der Waals surface area contributed by atoms with Crippen LogP contribution in [0.1, 0.15) is 18.5 Å². The van der Waals surface area contributed by atoms with Crippen LogP contribution in [0, 0.1) is 0 Å². The molecule has 1 heterocycles. The Balaban J connectivity index is 2.02.